The number of carboxylic acids is 1. The summed E-state index contributed by atoms with van der Waals surface area (Å²) in [7, 11) is -0.562. The molecule has 0 atom stereocenters. The molecule has 0 radical (unpaired) electrons. The fraction of sp³-hybridized carbons (Fsp3) is 0.944. The first-order valence-electron chi connectivity index (χ1n) is 9.26. The van der Waals surface area contributed by atoms with Gasteiger partial charge in [0.1, 0.15) is 0 Å². The maximum absolute atomic E-state index is 9.13. The van der Waals surface area contributed by atoms with E-state index in [-0.39, 0.29) is 6.54 Å². The topological polar surface area (TPSA) is 66.2 Å². The van der Waals surface area contributed by atoms with Crippen molar-refractivity contribution in [3.8, 4) is 0 Å². The van der Waals surface area contributed by atoms with Crippen molar-refractivity contribution >= 4 is 13.2 Å². The normalized spacial score (nSPS) is 11.0. The molecule has 4 heteroatoms. The van der Waals surface area contributed by atoms with Crippen molar-refractivity contribution < 1.29 is 9.90 Å². The van der Waals surface area contributed by atoms with E-state index < -0.39 is 13.2 Å². The summed E-state index contributed by atoms with van der Waals surface area (Å²) in [5.74, 6) is -1.22. The molecule has 134 valence electrons. The van der Waals surface area contributed by atoms with Crippen LogP contribution in [0.5, 0.6) is 0 Å². The fourth-order valence-corrected chi connectivity index (χ4v) is 7.93. The monoisotopic (exact) mass is 333 g/mol. The van der Waals surface area contributed by atoms with E-state index in [0.717, 1.165) is 0 Å². The smallest absolute Gasteiger partial charge is 0.0594 e. The van der Waals surface area contributed by atoms with Gasteiger partial charge in [-0.25, -0.2) is 0 Å². The van der Waals surface area contributed by atoms with E-state index in [0.29, 0.717) is 0 Å². The van der Waals surface area contributed by atoms with Crippen LogP contribution < -0.4 is 10.8 Å². The predicted molar refractivity (Wildman–Crippen MR) is 100 cm³/mol. The Hall–Kier alpha value is -0.140. The molecule has 0 rings (SSSR count). The first-order valence-corrected chi connectivity index (χ1v) is 11.8. The van der Waals surface area contributed by atoms with Gasteiger partial charge in [0.05, 0.1) is 30.6 Å². The molecular formula is C18H40NO2P. The molecule has 0 heterocycles. The van der Waals surface area contributed by atoms with E-state index in [1.54, 1.807) is 24.6 Å². The number of carbonyl (C=O) groups excluding carboxylic acids is 1. The molecular weight excluding hydrogens is 293 g/mol. The zero-order valence-electron chi connectivity index (χ0n) is 15.5. The van der Waals surface area contributed by atoms with Crippen molar-refractivity contribution in [2.24, 2.45) is 5.73 Å². The Bertz CT molecular complexity index is 210. The second-order valence-corrected chi connectivity index (χ2v) is 10.7. The van der Waals surface area contributed by atoms with Gasteiger partial charge in [-0.05, 0) is 25.7 Å². The summed E-state index contributed by atoms with van der Waals surface area (Å²) in [6.45, 7) is 9.03. The van der Waals surface area contributed by atoms with Gasteiger partial charge in [0, 0.05) is 13.8 Å². The highest BCUT2D eigenvalue weighted by molar-refractivity contribution is 7.75. The number of rotatable bonds is 13. The number of hydrogen-bond acceptors (Lipinski definition) is 3. The molecule has 0 fully saturated rings. The number of aliphatic carboxylic acids is 1. The molecule has 0 spiro atoms. The first kappa shape index (κ1) is 24.1. The van der Waals surface area contributed by atoms with Gasteiger partial charge in [-0.3, -0.25) is 0 Å². The summed E-state index contributed by atoms with van der Waals surface area (Å²) in [6.07, 6.45) is 17.9. The Labute approximate surface area is 139 Å². The van der Waals surface area contributed by atoms with E-state index >= 15 is 0 Å². The van der Waals surface area contributed by atoms with Crippen molar-refractivity contribution in [1.82, 2.24) is 0 Å². The number of nitrogens with two attached hydrogens (primary N) is 1. The van der Waals surface area contributed by atoms with Gasteiger partial charge in [-0.1, -0.05) is 53.4 Å². The largest absolute Gasteiger partial charge is 0.549 e. The molecule has 0 unspecified atom stereocenters. The van der Waals surface area contributed by atoms with Crippen molar-refractivity contribution in [1.29, 1.82) is 0 Å². The van der Waals surface area contributed by atoms with Crippen molar-refractivity contribution in [3.63, 3.8) is 0 Å². The van der Waals surface area contributed by atoms with Gasteiger partial charge in [-0.15, -0.1) is 0 Å². The van der Waals surface area contributed by atoms with Crippen LogP contribution in [0.2, 0.25) is 0 Å². The molecule has 2 N–H and O–H groups in total. The van der Waals surface area contributed by atoms with Crippen LogP contribution in [-0.4, -0.2) is 37.2 Å². The number of carboxylic acid groups (broad SMARTS) is 1. The minimum atomic E-state index is -1.22. The van der Waals surface area contributed by atoms with Crippen molar-refractivity contribution in [2.75, 3.05) is 31.2 Å². The summed E-state index contributed by atoms with van der Waals surface area (Å²) in [5.41, 5.74) is 4.51. The molecule has 0 aromatic carbocycles. The molecule has 0 aliphatic heterocycles. The van der Waals surface area contributed by atoms with Crippen LogP contribution >= 0.6 is 7.26 Å². The second kappa shape index (κ2) is 17.2. The Kier molecular flexibility index (Phi) is 18.9. The molecule has 3 nitrogen and oxygen atoms in total. The van der Waals surface area contributed by atoms with Crippen LogP contribution in [0.15, 0.2) is 0 Å². The van der Waals surface area contributed by atoms with Gasteiger partial charge >= 0.3 is 0 Å². The SMILES string of the molecule is CCCC[P+](CCCC)(CCCC)CCCC.NCC(=O)[O-]. The first-order chi connectivity index (χ1) is 10.5. The lowest BCUT2D eigenvalue weighted by Crippen LogP contribution is -2.30. The molecule has 22 heavy (non-hydrogen) atoms. The minimum Gasteiger partial charge on any atom is -0.549 e. The maximum Gasteiger partial charge on any atom is 0.0594 e. The van der Waals surface area contributed by atoms with Crippen LogP contribution in [0.3, 0.4) is 0 Å². The third-order valence-electron chi connectivity index (χ3n) is 4.11. The van der Waals surface area contributed by atoms with E-state index in [2.05, 4.69) is 33.4 Å². The van der Waals surface area contributed by atoms with Gasteiger partial charge in [0.15, 0.2) is 0 Å². The van der Waals surface area contributed by atoms with Gasteiger partial charge in [0.25, 0.3) is 0 Å². The quantitative estimate of drug-likeness (QED) is 0.520. The fourth-order valence-electron chi connectivity index (χ4n) is 2.64. The van der Waals surface area contributed by atoms with Crippen LogP contribution in [0.25, 0.3) is 0 Å². The van der Waals surface area contributed by atoms with E-state index in [1.807, 2.05) is 0 Å². The molecule has 0 amide bonds. The lowest BCUT2D eigenvalue weighted by molar-refractivity contribution is -0.303. The average Bonchev–Trinajstić information content (AvgIpc) is 2.54. The minimum absolute atomic E-state index is 0.389. The third-order valence-corrected chi connectivity index (χ3v) is 9.17. The number of unbranched alkanes of at least 4 members (excludes halogenated alkanes) is 4. The predicted octanol–water partition coefficient (Wildman–Crippen LogP) is 3.90. The lowest BCUT2D eigenvalue weighted by atomic mass is 10.4. The van der Waals surface area contributed by atoms with E-state index in [1.165, 1.54) is 51.4 Å². The van der Waals surface area contributed by atoms with Crippen molar-refractivity contribution in [2.45, 2.75) is 79.1 Å². The highest BCUT2D eigenvalue weighted by atomic mass is 31.2. The molecule has 0 aliphatic carbocycles. The van der Waals surface area contributed by atoms with E-state index in [4.69, 9.17) is 9.90 Å². The summed E-state index contributed by atoms with van der Waals surface area (Å²) < 4.78 is 0. The van der Waals surface area contributed by atoms with Crippen LogP contribution in [0.1, 0.15) is 79.1 Å². The van der Waals surface area contributed by atoms with Crippen LogP contribution in [0.4, 0.5) is 0 Å². The van der Waals surface area contributed by atoms with Gasteiger partial charge in [-0.2, -0.15) is 0 Å². The molecule has 0 bridgehead atoms. The lowest BCUT2D eigenvalue weighted by Gasteiger charge is -2.28. The molecule has 0 saturated heterocycles. The Balaban J connectivity index is 0. The van der Waals surface area contributed by atoms with Crippen LogP contribution in [-0.2, 0) is 4.79 Å². The Morgan fingerprint density at radius 3 is 1.14 bits per heavy atom. The number of hydrogen-bond donors (Lipinski definition) is 1. The summed E-state index contributed by atoms with van der Waals surface area (Å²) in [5, 5.41) is 9.13. The molecule has 0 saturated carbocycles. The highest BCUT2D eigenvalue weighted by Crippen LogP contribution is 2.61. The molecule has 0 aromatic rings. The zero-order chi connectivity index (χ0) is 17.3. The maximum atomic E-state index is 9.13. The standard InChI is InChI=1S/C16H36P.C2H5NO2/c1-5-9-13-17(14-10-6-2,15-11-7-3)16-12-8-4;3-1-2(4)5/h5-16H2,1-4H3;1,3H2,(H,4,5)/q+1;/p-1. The average molecular weight is 333 g/mol. The van der Waals surface area contributed by atoms with Crippen LogP contribution in [0, 0.1) is 0 Å². The Morgan fingerprint density at radius 2 is 1.00 bits per heavy atom. The number of carbonyl (C=O) groups is 1. The van der Waals surface area contributed by atoms with Crippen molar-refractivity contribution in [3.05, 3.63) is 0 Å². The molecule has 0 aliphatic rings. The summed E-state index contributed by atoms with van der Waals surface area (Å²) in [6, 6.07) is 0. The summed E-state index contributed by atoms with van der Waals surface area (Å²) in [4.78, 5) is 9.13. The van der Waals surface area contributed by atoms with Gasteiger partial charge in [0.2, 0.25) is 0 Å². The second-order valence-electron chi connectivity index (χ2n) is 6.23. The highest BCUT2D eigenvalue weighted by Gasteiger charge is 2.34. The van der Waals surface area contributed by atoms with Gasteiger partial charge < -0.3 is 15.6 Å². The molecule has 0 aromatic heterocycles. The third kappa shape index (κ3) is 14.8. The summed E-state index contributed by atoms with van der Waals surface area (Å²) >= 11 is 0. The Morgan fingerprint density at radius 1 is 0.773 bits per heavy atom. The van der Waals surface area contributed by atoms with E-state index in [9.17, 15) is 0 Å². The zero-order valence-corrected chi connectivity index (χ0v) is 16.4.